The molecule has 0 unspecified atom stereocenters. The molecule has 3 N–H and O–H groups in total. The smallest absolute Gasteiger partial charge is 0.371 e. The Morgan fingerprint density at radius 3 is 1.94 bits per heavy atom. The van der Waals surface area contributed by atoms with Gasteiger partial charge in [-0.2, -0.15) is 0 Å². The number of carboxylic acid groups (broad SMARTS) is 1. The number of aliphatic carboxylic acids is 1. The highest BCUT2D eigenvalue weighted by Gasteiger charge is 2.53. The highest BCUT2D eigenvalue weighted by Crippen LogP contribution is 2.31. The predicted molar refractivity (Wildman–Crippen MR) is 120 cm³/mol. The number of para-hydroxylation sites is 1. The molecule has 36 heavy (non-hydrogen) atoms. The molecule has 0 bridgehead atoms. The highest BCUT2D eigenvalue weighted by atomic mass is 16.7. The molecule has 0 radical (unpaired) electrons. The largest absolute Gasteiger partial charge is 0.475 e. The molecular weight excluding hydrogens is 482 g/mol. The fourth-order valence-corrected chi connectivity index (χ4v) is 3.34. The molecule has 2 rings (SSSR count). The van der Waals surface area contributed by atoms with Gasteiger partial charge >= 0.3 is 29.8 Å². The van der Waals surface area contributed by atoms with E-state index in [1.165, 1.54) is 6.07 Å². The van der Waals surface area contributed by atoms with Gasteiger partial charge in [-0.3, -0.25) is 19.2 Å². The van der Waals surface area contributed by atoms with Crippen LogP contribution in [0.5, 0.6) is 0 Å². The number of hydrogen-bond acceptors (Lipinski definition) is 12. The molecule has 1 aliphatic heterocycles. The van der Waals surface area contributed by atoms with Crippen molar-refractivity contribution in [3.8, 4) is 0 Å². The first-order valence-electron chi connectivity index (χ1n) is 10.7. The zero-order valence-corrected chi connectivity index (χ0v) is 20.0. The number of carbonyl (C=O) groups excluding carboxylic acids is 4. The van der Waals surface area contributed by atoms with Crippen molar-refractivity contribution in [2.45, 2.75) is 58.4 Å². The third-order valence-electron chi connectivity index (χ3n) is 4.68. The minimum Gasteiger partial charge on any atom is -0.475 e. The van der Waals surface area contributed by atoms with Gasteiger partial charge in [-0.15, -0.1) is 0 Å². The standard InChI is InChI=1S/C23H27NO12/c1-11(25)31-10-18-19(32-12(2)26)20(33-13(3)27)21(34-14(4)28)23(36-18)35-17(22(29)30)9-15-7-5-6-8-16(15)24/h5-9,18-21,23H,10,24H2,1-4H3,(H,29,30)/b17-9-/t18-,19+,20+,21-,23-/m0/s1. The van der Waals surface area contributed by atoms with Gasteiger partial charge in [0.15, 0.2) is 12.2 Å². The third-order valence-corrected chi connectivity index (χ3v) is 4.68. The van der Waals surface area contributed by atoms with E-state index in [4.69, 9.17) is 34.2 Å². The summed E-state index contributed by atoms with van der Waals surface area (Å²) >= 11 is 0. The maximum Gasteiger partial charge on any atom is 0.371 e. The van der Waals surface area contributed by atoms with E-state index in [1.807, 2.05) is 0 Å². The summed E-state index contributed by atoms with van der Waals surface area (Å²) in [5.41, 5.74) is 6.44. The number of carboxylic acids is 1. The molecule has 196 valence electrons. The number of ether oxygens (including phenoxy) is 6. The second-order valence-corrected chi connectivity index (χ2v) is 7.63. The molecule has 1 heterocycles. The van der Waals surface area contributed by atoms with Crippen molar-refractivity contribution in [3.05, 3.63) is 35.6 Å². The second-order valence-electron chi connectivity index (χ2n) is 7.63. The molecule has 1 saturated heterocycles. The average Bonchev–Trinajstić information content (AvgIpc) is 2.76. The fraction of sp³-hybridized carbons (Fsp3) is 0.435. The van der Waals surface area contributed by atoms with Crippen LogP contribution in [0.15, 0.2) is 30.0 Å². The van der Waals surface area contributed by atoms with Gasteiger partial charge in [0.2, 0.25) is 18.2 Å². The number of anilines is 1. The Morgan fingerprint density at radius 1 is 0.861 bits per heavy atom. The van der Waals surface area contributed by atoms with E-state index >= 15 is 0 Å². The van der Waals surface area contributed by atoms with E-state index in [9.17, 15) is 29.1 Å². The summed E-state index contributed by atoms with van der Waals surface area (Å²) in [6, 6.07) is 6.35. The quantitative estimate of drug-likeness (QED) is 0.156. The maximum absolute atomic E-state index is 12.0. The van der Waals surface area contributed by atoms with Crippen molar-refractivity contribution in [1.29, 1.82) is 0 Å². The fourth-order valence-electron chi connectivity index (χ4n) is 3.34. The van der Waals surface area contributed by atoms with E-state index in [0.717, 1.165) is 33.8 Å². The Labute approximate surface area is 206 Å². The van der Waals surface area contributed by atoms with Gasteiger partial charge in [-0.25, -0.2) is 4.79 Å². The predicted octanol–water partition coefficient (Wildman–Crippen LogP) is 0.794. The van der Waals surface area contributed by atoms with Gasteiger partial charge in [-0.05, 0) is 12.1 Å². The van der Waals surface area contributed by atoms with Crippen LogP contribution < -0.4 is 5.73 Å². The van der Waals surface area contributed by atoms with Crippen LogP contribution >= 0.6 is 0 Å². The maximum atomic E-state index is 12.0. The van der Waals surface area contributed by atoms with E-state index in [2.05, 4.69) is 0 Å². The van der Waals surface area contributed by atoms with Crippen LogP contribution in [0.2, 0.25) is 0 Å². The highest BCUT2D eigenvalue weighted by molar-refractivity contribution is 5.91. The minimum absolute atomic E-state index is 0.251. The first-order chi connectivity index (χ1) is 16.9. The van der Waals surface area contributed by atoms with Gasteiger partial charge in [0.1, 0.15) is 12.7 Å². The molecule has 1 aromatic rings. The Bertz CT molecular complexity index is 1040. The lowest BCUT2D eigenvalue weighted by atomic mass is 9.98. The lowest BCUT2D eigenvalue weighted by Gasteiger charge is -2.43. The van der Waals surface area contributed by atoms with Crippen LogP contribution in [0.3, 0.4) is 0 Å². The van der Waals surface area contributed by atoms with E-state index in [1.54, 1.807) is 18.2 Å². The monoisotopic (exact) mass is 509 g/mol. The van der Waals surface area contributed by atoms with Crippen LogP contribution in [0, 0.1) is 0 Å². The summed E-state index contributed by atoms with van der Waals surface area (Å²) in [7, 11) is 0. The van der Waals surface area contributed by atoms with Crippen molar-refractivity contribution in [2.75, 3.05) is 12.3 Å². The van der Waals surface area contributed by atoms with E-state index in [-0.39, 0.29) is 5.69 Å². The van der Waals surface area contributed by atoms with Crippen LogP contribution in [0.25, 0.3) is 6.08 Å². The van der Waals surface area contributed by atoms with Gasteiger partial charge in [0, 0.05) is 38.9 Å². The first kappa shape index (κ1) is 28.1. The third kappa shape index (κ3) is 7.98. The van der Waals surface area contributed by atoms with Crippen molar-refractivity contribution in [1.82, 2.24) is 0 Å². The molecule has 13 nitrogen and oxygen atoms in total. The van der Waals surface area contributed by atoms with Crippen molar-refractivity contribution in [2.24, 2.45) is 0 Å². The Morgan fingerprint density at radius 2 is 1.42 bits per heavy atom. The number of hydrogen-bond donors (Lipinski definition) is 2. The van der Waals surface area contributed by atoms with Gasteiger partial charge in [-0.1, -0.05) is 18.2 Å². The van der Waals surface area contributed by atoms with E-state index in [0.29, 0.717) is 5.56 Å². The van der Waals surface area contributed by atoms with E-state index < -0.39 is 72.9 Å². The number of carbonyl (C=O) groups is 5. The number of esters is 4. The molecule has 0 saturated carbocycles. The van der Waals surface area contributed by atoms with Gasteiger partial charge in [0.05, 0.1) is 0 Å². The molecule has 0 aromatic heterocycles. The Hall–Kier alpha value is -4.13. The second kappa shape index (κ2) is 12.5. The SMILES string of the molecule is CC(=O)OC[C@@H]1O[C@H](O/C(=C\c2ccccc2N)C(=O)O)[C@@H](OC(C)=O)[C@H](OC(C)=O)[C@@H]1OC(C)=O. The summed E-state index contributed by atoms with van der Waals surface area (Å²) < 4.78 is 32.1. The Balaban J connectivity index is 2.55. The topological polar surface area (TPSA) is 187 Å². The number of benzene rings is 1. The lowest BCUT2D eigenvalue weighted by Crippen LogP contribution is -2.63. The number of nitrogens with two attached hydrogens (primary N) is 1. The molecule has 1 fully saturated rings. The molecule has 1 aliphatic rings. The van der Waals surface area contributed by atoms with Crippen LogP contribution in [0.4, 0.5) is 5.69 Å². The zero-order chi connectivity index (χ0) is 27.0. The molecule has 0 aliphatic carbocycles. The molecular formula is C23H27NO12. The van der Waals surface area contributed by atoms with Crippen molar-refractivity contribution in [3.63, 3.8) is 0 Å². The van der Waals surface area contributed by atoms with Crippen LogP contribution in [-0.2, 0) is 52.4 Å². The van der Waals surface area contributed by atoms with Crippen molar-refractivity contribution >= 4 is 41.6 Å². The normalized spacial score (nSPS) is 23.7. The van der Waals surface area contributed by atoms with Crippen LogP contribution in [0.1, 0.15) is 33.3 Å². The zero-order valence-electron chi connectivity index (χ0n) is 20.0. The van der Waals surface area contributed by atoms with Gasteiger partial charge in [0.25, 0.3) is 0 Å². The molecule has 13 heteroatoms. The lowest BCUT2D eigenvalue weighted by molar-refractivity contribution is -0.299. The molecule has 0 spiro atoms. The molecule has 5 atom stereocenters. The number of nitrogen functional groups attached to an aromatic ring is 1. The average molecular weight is 509 g/mol. The molecule has 1 aromatic carbocycles. The summed E-state index contributed by atoms with van der Waals surface area (Å²) in [6.45, 7) is 3.82. The summed E-state index contributed by atoms with van der Waals surface area (Å²) in [6.07, 6.45) is -6.37. The minimum atomic E-state index is -1.70. The van der Waals surface area contributed by atoms with Gasteiger partial charge < -0.3 is 39.3 Å². The summed E-state index contributed by atoms with van der Waals surface area (Å²) in [5.74, 6) is -5.38. The van der Waals surface area contributed by atoms with Crippen LogP contribution in [-0.4, -0.2) is 72.3 Å². The molecule has 0 amide bonds. The number of rotatable bonds is 9. The first-order valence-corrected chi connectivity index (χ1v) is 10.7. The summed E-state index contributed by atoms with van der Waals surface area (Å²) in [5, 5.41) is 9.73. The van der Waals surface area contributed by atoms with Crippen molar-refractivity contribution < 1.29 is 57.5 Å². The summed E-state index contributed by atoms with van der Waals surface area (Å²) in [4.78, 5) is 58.9. The Kier molecular flexibility index (Phi) is 9.79.